The van der Waals surface area contributed by atoms with Crippen molar-refractivity contribution in [3.05, 3.63) is 46.2 Å². The molecule has 0 aliphatic heterocycles. The van der Waals surface area contributed by atoms with Gasteiger partial charge in [-0.05, 0) is 44.9 Å². The van der Waals surface area contributed by atoms with Crippen LogP contribution in [-0.2, 0) is 6.61 Å². The van der Waals surface area contributed by atoms with E-state index in [1.165, 1.54) is 0 Å². The van der Waals surface area contributed by atoms with Gasteiger partial charge >= 0.3 is 0 Å². The van der Waals surface area contributed by atoms with Gasteiger partial charge < -0.3 is 10.5 Å². The lowest BCUT2D eigenvalue weighted by molar-refractivity contribution is 0.100. The first kappa shape index (κ1) is 13.5. The molecule has 7 nitrogen and oxygen atoms in total. The predicted octanol–water partition coefficient (Wildman–Crippen LogP) is 1.79. The van der Waals surface area contributed by atoms with Gasteiger partial charge in [0.05, 0.1) is 4.47 Å². The van der Waals surface area contributed by atoms with Gasteiger partial charge in [-0.1, -0.05) is 17.3 Å². The lowest BCUT2D eigenvalue weighted by Gasteiger charge is -2.09. The van der Waals surface area contributed by atoms with Gasteiger partial charge in [0, 0.05) is 5.56 Å². The minimum absolute atomic E-state index is 0.208. The number of nitrogens with one attached hydrogen (secondary N) is 1. The van der Waals surface area contributed by atoms with Gasteiger partial charge in [-0.3, -0.25) is 4.79 Å². The van der Waals surface area contributed by atoms with Gasteiger partial charge in [0.15, 0.2) is 6.61 Å². The van der Waals surface area contributed by atoms with Crippen LogP contribution in [0.15, 0.2) is 34.8 Å². The molecule has 0 bridgehead atoms. The number of aromatic nitrogens is 4. The molecule has 0 unspecified atom stereocenters. The fourth-order valence-electron chi connectivity index (χ4n) is 1.92. The summed E-state index contributed by atoms with van der Waals surface area (Å²) in [5, 5.41) is 15.3. The number of tetrazole rings is 1. The van der Waals surface area contributed by atoms with Gasteiger partial charge in [0.2, 0.25) is 11.7 Å². The maximum Gasteiger partial charge on any atom is 0.248 e. The molecule has 0 saturated heterocycles. The van der Waals surface area contributed by atoms with E-state index in [2.05, 4.69) is 36.6 Å². The van der Waals surface area contributed by atoms with Crippen molar-refractivity contribution < 1.29 is 9.53 Å². The second-order valence-corrected chi connectivity index (χ2v) is 5.09. The van der Waals surface area contributed by atoms with Crippen LogP contribution in [0.5, 0.6) is 5.75 Å². The number of hydrogen-bond donors (Lipinski definition) is 2. The smallest absolute Gasteiger partial charge is 0.248 e. The normalized spacial score (nSPS) is 10.7. The minimum Gasteiger partial charge on any atom is -0.484 e. The van der Waals surface area contributed by atoms with E-state index in [1.54, 1.807) is 18.2 Å². The van der Waals surface area contributed by atoms with Crippen LogP contribution in [0, 0.1) is 0 Å². The Balaban J connectivity index is 1.92. The molecule has 1 aromatic heterocycles. The molecular formula is C13H10BrN5O2. The molecule has 2 aromatic carbocycles. The summed E-state index contributed by atoms with van der Waals surface area (Å²) in [6.45, 7) is 0.208. The first-order valence-corrected chi connectivity index (χ1v) is 6.81. The van der Waals surface area contributed by atoms with E-state index in [-0.39, 0.29) is 6.61 Å². The zero-order valence-electron chi connectivity index (χ0n) is 10.7. The summed E-state index contributed by atoms with van der Waals surface area (Å²) in [6.07, 6.45) is 0. The molecule has 3 N–H and O–H groups in total. The number of carbonyl (C=O) groups is 1. The van der Waals surface area contributed by atoms with Crippen molar-refractivity contribution in [2.45, 2.75) is 6.61 Å². The van der Waals surface area contributed by atoms with Crippen LogP contribution in [0.25, 0.3) is 10.8 Å². The highest BCUT2D eigenvalue weighted by atomic mass is 79.9. The molecule has 8 heteroatoms. The summed E-state index contributed by atoms with van der Waals surface area (Å²) in [4.78, 5) is 11.2. The SMILES string of the molecule is NC(=O)c1ccc2c(Br)c(OCc3nn[nH]n3)ccc2c1. The highest BCUT2D eigenvalue weighted by Gasteiger charge is 2.09. The molecule has 0 aliphatic rings. The molecule has 0 fully saturated rings. The molecule has 106 valence electrons. The lowest BCUT2D eigenvalue weighted by Crippen LogP contribution is -2.10. The number of rotatable bonds is 4. The first-order valence-electron chi connectivity index (χ1n) is 6.02. The van der Waals surface area contributed by atoms with Crippen molar-refractivity contribution in [2.24, 2.45) is 5.73 Å². The van der Waals surface area contributed by atoms with Crippen LogP contribution in [0.2, 0.25) is 0 Å². The maximum absolute atomic E-state index is 11.2. The lowest BCUT2D eigenvalue weighted by atomic mass is 10.1. The number of hydrogen-bond acceptors (Lipinski definition) is 5. The van der Waals surface area contributed by atoms with Gasteiger partial charge in [0.25, 0.3) is 0 Å². The summed E-state index contributed by atoms with van der Waals surface area (Å²) in [5.41, 5.74) is 5.74. The molecular weight excluding hydrogens is 338 g/mol. The van der Waals surface area contributed by atoms with Gasteiger partial charge in [-0.25, -0.2) is 0 Å². The number of aromatic amines is 1. The summed E-state index contributed by atoms with van der Waals surface area (Å²) in [7, 11) is 0. The summed E-state index contributed by atoms with van der Waals surface area (Å²) in [6, 6.07) is 8.90. The number of ether oxygens (including phenoxy) is 1. The highest BCUT2D eigenvalue weighted by molar-refractivity contribution is 9.10. The largest absolute Gasteiger partial charge is 0.484 e. The van der Waals surface area contributed by atoms with Crippen LogP contribution in [0.1, 0.15) is 16.2 Å². The van der Waals surface area contributed by atoms with Gasteiger partial charge in [-0.15, -0.1) is 10.2 Å². The monoisotopic (exact) mass is 347 g/mol. The third-order valence-corrected chi connectivity index (χ3v) is 3.77. The Bertz CT molecular complexity index is 804. The Kier molecular flexibility index (Phi) is 3.53. The molecule has 0 spiro atoms. The number of fused-ring (bicyclic) bond motifs is 1. The maximum atomic E-state index is 11.2. The second kappa shape index (κ2) is 5.49. The molecule has 3 aromatic rings. The van der Waals surface area contributed by atoms with E-state index in [0.29, 0.717) is 17.1 Å². The molecule has 1 amide bonds. The third-order valence-electron chi connectivity index (χ3n) is 2.95. The summed E-state index contributed by atoms with van der Waals surface area (Å²) >= 11 is 3.50. The Morgan fingerprint density at radius 3 is 2.90 bits per heavy atom. The average Bonchev–Trinajstić information content (AvgIpc) is 2.99. The Morgan fingerprint density at radius 2 is 2.19 bits per heavy atom. The van der Waals surface area contributed by atoms with Crippen LogP contribution < -0.4 is 10.5 Å². The van der Waals surface area contributed by atoms with Crippen molar-refractivity contribution in [1.29, 1.82) is 0 Å². The van der Waals surface area contributed by atoms with Crippen molar-refractivity contribution in [1.82, 2.24) is 20.6 Å². The number of halogens is 1. The van der Waals surface area contributed by atoms with E-state index in [0.717, 1.165) is 15.2 Å². The van der Waals surface area contributed by atoms with Gasteiger partial charge in [0.1, 0.15) is 5.75 Å². The van der Waals surface area contributed by atoms with E-state index in [4.69, 9.17) is 10.5 Å². The molecule has 3 rings (SSSR count). The molecule has 1 heterocycles. The highest BCUT2D eigenvalue weighted by Crippen LogP contribution is 2.33. The number of primary amides is 1. The number of amides is 1. The second-order valence-electron chi connectivity index (χ2n) is 4.29. The third kappa shape index (κ3) is 2.70. The van der Waals surface area contributed by atoms with Crippen molar-refractivity contribution in [2.75, 3.05) is 0 Å². The van der Waals surface area contributed by atoms with E-state index in [9.17, 15) is 4.79 Å². The van der Waals surface area contributed by atoms with Crippen molar-refractivity contribution >= 4 is 32.6 Å². The fraction of sp³-hybridized carbons (Fsp3) is 0.0769. The van der Waals surface area contributed by atoms with Crippen LogP contribution >= 0.6 is 15.9 Å². The Hall–Kier alpha value is -2.48. The predicted molar refractivity (Wildman–Crippen MR) is 78.7 cm³/mol. The zero-order valence-corrected chi connectivity index (χ0v) is 12.3. The Labute approximate surface area is 127 Å². The van der Waals surface area contributed by atoms with Crippen LogP contribution in [-0.4, -0.2) is 26.5 Å². The quantitative estimate of drug-likeness (QED) is 0.748. The molecule has 0 aliphatic carbocycles. The number of nitrogens with two attached hydrogens (primary N) is 1. The number of carbonyl (C=O) groups excluding carboxylic acids is 1. The fourth-order valence-corrected chi connectivity index (χ4v) is 2.53. The summed E-state index contributed by atoms with van der Waals surface area (Å²) in [5.74, 6) is 0.663. The average molecular weight is 348 g/mol. The topological polar surface area (TPSA) is 107 Å². The zero-order chi connectivity index (χ0) is 14.8. The van der Waals surface area contributed by atoms with Gasteiger partial charge in [-0.2, -0.15) is 5.21 Å². The van der Waals surface area contributed by atoms with Crippen LogP contribution in [0.4, 0.5) is 0 Å². The van der Waals surface area contributed by atoms with Crippen LogP contribution in [0.3, 0.4) is 0 Å². The molecule has 21 heavy (non-hydrogen) atoms. The molecule has 0 radical (unpaired) electrons. The van der Waals surface area contributed by atoms with E-state index >= 15 is 0 Å². The first-order chi connectivity index (χ1) is 10.1. The van der Waals surface area contributed by atoms with E-state index in [1.807, 2.05) is 12.1 Å². The Morgan fingerprint density at radius 1 is 1.33 bits per heavy atom. The van der Waals surface area contributed by atoms with Crippen molar-refractivity contribution in [3.8, 4) is 5.75 Å². The number of benzene rings is 2. The summed E-state index contributed by atoms with van der Waals surface area (Å²) < 4.78 is 6.43. The minimum atomic E-state index is -0.453. The molecule has 0 atom stereocenters. The van der Waals surface area contributed by atoms with E-state index < -0.39 is 5.91 Å². The van der Waals surface area contributed by atoms with Crippen molar-refractivity contribution in [3.63, 3.8) is 0 Å². The number of nitrogens with zero attached hydrogens (tertiary/aromatic N) is 3. The standard InChI is InChI=1S/C13H10BrN5O2/c14-12-9-3-1-8(13(15)20)5-7(9)2-4-10(12)21-6-11-16-18-19-17-11/h1-5H,6H2,(H2,15,20)(H,16,17,18,19). The molecule has 0 saturated carbocycles. The number of H-pyrrole nitrogens is 1.